The van der Waals surface area contributed by atoms with Gasteiger partial charge in [-0.25, -0.2) is 4.98 Å². The van der Waals surface area contributed by atoms with Gasteiger partial charge in [0.15, 0.2) is 5.13 Å². The van der Waals surface area contributed by atoms with Gasteiger partial charge in [-0.15, -0.1) is 23.1 Å². The van der Waals surface area contributed by atoms with Crippen LogP contribution in [0, 0.1) is 13.8 Å². The van der Waals surface area contributed by atoms with E-state index >= 15 is 0 Å². The number of methoxy groups -OCH3 is 1. The number of rotatable bonds is 12. The summed E-state index contributed by atoms with van der Waals surface area (Å²) >= 11 is 2.82. The first kappa shape index (κ1) is 34.9. The van der Waals surface area contributed by atoms with Crippen LogP contribution in [0.15, 0.2) is 108 Å². The number of nitrogens with zero attached hydrogens (tertiary/aromatic N) is 1. The Morgan fingerprint density at radius 1 is 0.939 bits per heavy atom. The van der Waals surface area contributed by atoms with Crippen LogP contribution in [0.4, 0.5) is 10.8 Å². The van der Waals surface area contributed by atoms with Crippen molar-refractivity contribution in [1.82, 2.24) is 10.3 Å². The molecule has 4 aromatic carbocycles. The van der Waals surface area contributed by atoms with Gasteiger partial charge in [-0.2, -0.15) is 0 Å². The molecule has 1 unspecified atom stereocenters. The molecule has 0 fully saturated rings. The molecule has 11 heteroatoms. The van der Waals surface area contributed by atoms with E-state index in [-0.39, 0.29) is 17.4 Å². The normalized spacial score (nSPS) is 11.8. The van der Waals surface area contributed by atoms with Crippen molar-refractivity contribution in [2.45, 2.75) is 37.3 Å². The summed E-state index contributed by atoms with van der Waals surface area (Å²) in [5.74, 6) is -0.892. The molecule has 0 aliphatic carbocycles. The van der Waals surface area contributed by atoms with E-state index in [1.807, 2.05) is 51.1 Å². The van der Waals surface area contributed by atoms with Gasteiger partial charge >= 0.3 is 0 Å². The second kappa shape index (κ2) is 16.1. The van der Waals surface area contributed by atoms with E-state index in [2.05, 4.69) is 16.0 Å². The Balaban J connectivity index is 1.31. The number of carbonyl (C=O) groups is 3. The van der Waals surface area contributed by atoms with E-state index in [0.717, 1.165) is 26.6 Å². The lowest BCUT2D eigenvalue weighted by Gasteiger charge is -2.15. The maximum atomic E-state index is 13.6. The number of thioether (sulfide) groups is 1. The summed E-state index contributed by atoms with van der Waals surface area (Å²) in [6.45, 7) is 5.97. The first-order valence-corrected chi connectivity index (χ1v) is 17.2. The molecule has 1 atom stereocenters. The molecular formula is C38H36N4O5S2. The zero-order valence-corrected chi connectivity index (χ0v) is 29.1. The lowest BCUT2D eigenvalue weighted by molar-refractivity contribution is -0.116. The van der Waals surface area contributed by atoms with E-state index in [1.165, 1.54) is 48.4 Å². The number of aryl methyl sites for hydroxylation is 2. The van der Waals surface area contributed by atoms with Gasteiger partial charge in [-0.3, -0.25) is 14.4 Å². The molecule has 9 nitrogen and oxygen atoms in total. The van der Waals surface area contributed by atoms with Crippen LogP contribution < -0.4 is 20.7 Å². The number of hydrogen-bond acceptors (Lipinski definition) is 8. The highest BCUT2D eigenvalue weighted by atomic mass is 32.2. The maximum Gasteiger partial charge on any atom is 0.272 e. The zero-order chi connectivity index (χ0) is 34.9. The number of nitrogens with one attached hydrogen (secondary N) is 3. The third kappa shape index (κ3) is 9.16. The van der Waals surface area contributed by atoms with Crippen molar-refractivity contribution in [3.63, 3.8) is 0 Å². The molecule has 0 saturated carbocycles. The first-order chi connectivity index (χ1) is 23.6. The molecule has 0 aliphatic heterocycles. The topological polar surface area (TPSA) is 130 Å². The molecule has 0 bridgehead atoms. The number of benzene rings is 4. The Morgan fingerprint density at radius 2 is 1.69 bits per heavy atom. The Bertz CT molecular complexity index is 1990. The largest absolute Gasteiger partial charge is 0.508 e. The number of aromatic hydroxyl groups is 1. The van der Waals surface area contributed by atoms with E-state index < -0.39 is 17.1 Å². The average molecular weight is 693 g/mol. The van der Waals surface area contributed by atoms with Gasteiger partial charge in [0.25, 0.3) is 11.8 Å². The lowest BCUT2D eigenvalue weighted by Crippen LogP contribution is -2.30. The summed E-state index contributed by atoms with van der Waals surface area (Å²) in [5.41, 5.74) is 4.30. The molecule has 0 aliphatic rings. The number of thiazole rings is 1. The molecule has 5 rings (SSSR count). The Labute approximate surface area is 293 Å². The summed E-state index contributed by atoms with van der Waals surface area (Å²) in [7, 11) is 1.45. The monoisotopic (exact) mass is 692 g/mol. The predicted octanol–water partition coefficient (Wildman–Crippen LogP) is 8.06. The Kier molecular flexibility index (Phi) is 11.5. The van der Waals surface area contributed by atoms with Crippen LogP contribution >= 0.6 is 23.1 Å². The fourth-order valence-corrected chi connectivity index (χ4v) is 6.72. The van der Waals surface area contributed by atoms with Crippen LogP contribution in [-0.4, -0.2) is 40.2 Å². The number of amides is 3. The van der Waals surface area contributed by atoms with Crippen LogP contribution in [0.5, 0.6) is 11.5 Å². The highest BCUT2D eigenvalue weighted by molar-refractivity contribution is 8.00. The molecule has 1 heterocycles. The molecule has 5 aromatic rings. The quantitative estimate of drug-likeness (QED) is 0.0769. The third-order valence-electron chi connectivity index (χ3n) is 7.43. The smallest absolute Gasteiger partial charge is 0.272 e. The van der Waals surface area contributed by atoms with Gasteiger partial charge in [0.05, 0.1) is 18.1 Å². The molecule has 3 amide bonds. The number of carbonyl (C=O) groups excluding carboxylic acids is 3. The van der Waals surface area contributed by atoms with Crippen molar-refractivity contribution >= 4 is 57.7 Å². The zero-order valence-electron chi connectivity index (χ0n) is 27.4. The van der Waals surface area contributed by atoms with Crippen LogP contribution in [-0.2, 0) is 9.59 Å². The minimum Gasteiger partial charge on any atom is -0.508 e. The molecule has 49 heavy (non-hydrogen) atoms. The molecule has 0 spiro atoms. The van der Waals surface area contributed by atoms with Crippen LogP contribution in [0.3, 0.4) is 0 Å². The van der Waals surface area contributed by atoms with Crippen molar-refractivity contribution in [1.29, 1.82) is 0 Å². The lowest BCUT2D eigenvalue weighted by atomic mass is 10.1. The van der Waals surface area contributed by atoms with E-state index in [9.17, 15) is 19.5 Å². The summed E-state index contributed by atoms with van der Waals surface area (Å²) < 4.78 is 5.38. The van der Waals surface area contributed by atoms with Crippen LogP contribution in [0.2, 0.25) is 0 Å². The fraction of sp³-hybridized carbons (Fsp3) is 0.158. The van der Waals surface area contributed by atoms with Gasteiger partial charge in [-0.1, -0.05) is 61.0 Å². The standard InChI is InChI=1S/C38H36N4O5S2/c1-5-33(37(46)42-38-41-34(24(3)48-38)25-16-14-23(2)15-17-25)49-30-13-9-12-28(21-30)39-36(45)31(40-35(44)26-10-7-6-8-11-26)20-27-18-19-29(43)22-32(27)47-4/h6-22,33,43H,5H2,1-4H3,(H,39,45)(H,40,44)(H,41,42,46)/b31-20+. The molecule has 4 N–H and O–H groups in total. The van der Waals surface area contributed by atoms with Crippen molar-refractivity contribution in [2.24, 2.45) is 0 Å². The Morgan fingerprint density at radius 3 is 2.41 bits per heavy atom. The highest BCUT2D eigenvalue weighted by Gasteiger charge is 2.21. The average Bonchev–Trinajstić information content (AvgIpc) is 3.47. The van der Waals surface area contributed by atoms with E-state index in [0.29, 0.717) is 34.1 Å². The van der Waals surface area contributed by atoms with Crippen molar-refractivity contribution < 1.29 is 24.2 Å². The minimum absolute atomic E-state index is 0.00420. The SMILES string of the molecule is CCC(Sc1cccc(NC(=O)/C(=C\c2ccc(O)cc2OC)NC(=O)c2ccccc2)c1)C(=O)Nc1nc(-c2ccc(C)cc2)c(C)s1. The molecular weight excluding hydrogens is 657 g/mol. The molecule has 250 valence electrons. The summed E-state index contributed by atoms with van der Waals surface area (Å²) in [4.78, 5) is 46.6. The van der Waals surface area contributed by atoms with Gasteiger partial charge in [0.1, 0.15) is 17.2 Å². The van der Waals surface area contributed by atoms with Crippen molar-refractivity contribution in [3.8, 4) is 22.8 Å². The second-order valence-corrected chi connectivity index (χ2v) is 13.6. The van der Waals surface area contributed by atoms with Gasteiger partial charge in [0, 0.05) is 38.2 Å². The minimum atomic E-state index is -0.574. The van der Waals surface area contributed by atoms with Crippen molar-refractivity contribution in [2.75, 3.05) is 17.7 Å². The fourth-order valence-electron chi connectivity index (χ4n) is 4.86. The second-order valence-electron chi connectivity index (χ2n) is 11.1. The summed E-state index contributed by atoms with van der Waals surface area (Å²) in [6, 6.07) is 28.3. The number of anilines is 2. The highest BCUT2D eigenvalue weighted by Crippen LogP contribution is 2.33. The van der Waals surface area contributed by atoms with E-state index in [4.69, 9.17) is 9.72 Å². The molecule has 1 aromatic heterocycles. The van der Waals surface area contributed by atoms with Gasteiger partial charge in [-0.05, 0) is 68.8 Å². The molecule has 0 radical (unpaired) electrons. The maximum absolute atomic E-state index is 13.6. The summed E-state index contributed by atoms with van der Waals surface area (Å²) in [6.07, 6.45) is 2.05. The first-order valence-electron chi connectivity index (χ1n) is 15.5. The number of ether oxygens (including phenoxy) is 1. The summed E-state index contributed by atoms with van der Waals surface area (Å²) in [5, 5.41) is 18.6. The van der Waals surface area contributed by atoms with Crippen LogP contribution in [0.25, 0.3) is 17.3 Å². The number of aromatic nitrogens is 1. The third-order valence-corrected chi connectivity index (χ3v) is 9.68. The number of phenols is 1. The predicted molar refractivity (Wildman–Crippen MR) is 197 cm³/mol. The number of phenolic OH excluding ortho intramolecular Hbond substituents is 1. The van der Waals surface area contributed by atoms with Crippen LogP contribution in [0.1, 0.15) is 39.7 Å². The van der Waals surface area contributed by atoms with Crippen molar-refractivity contribution in [3.05, 3.63) is 124 Å². The van der Waals surface area contributed by atoms with E-state index in [1.54, 1.807) is 54.6 Å². The Hall–Kier alpha value is -5.39. The van der Waals surface area contributed by atoms with Gasteiger partial charge < -0.3 is 25.8 Å². The number of hydrogen-bond donors (Lipinski definition) is 4. The van der Waals surface area contributed by atoms with Gasteiger partial charge in [0.2, 0.25) is 5.91 Å². The molecule has 0 saturated heterocycles.